The first-order valence-electron chi connectivity index (χ1n) is 6.68. The van der Waals surface area contributed by atoms with E-state index in [0.29, 0.717) is 0 Å². The fraction of sp³-hybridized carbons (Fsp3) is 0. The third-order valence-electron chi connectivity index (χ3n) is 3.57. The highest BCUT2D eigenvalue weighted by molar-refractivity contribution is 9.10. The van der Waals surface area contributed by atoms with E-state index < -0.39 is 0 Å². The SMILES string of the molecule is Brc1ccc(-n2cc(-c3c[nH]c4ccccc34)cn2)cc1. The van der Waals surface area contributed by atoms with Crippen LogP contribution in [0.5, 0.6) is 0 Å². The van der Waals surface area contributed by atoms with Crippen LogP contribution in [0.2, 0.25) is 0 Å². The predicted molar refractivity (Wildman–Crippen MR) is 88.6 cm³/mol. The summed E-state index contributed by atoms with van der Waals surface area (Å²) < 4.78 is 2.96. The van der Waals surface area contributed by atoms with Crippen molar-refractivity contribution in [1.82, 2.24) is 14.8 Å². The molecule has 0 fully saturated rings. The molecule has 0 unspecified atom stereocenters. The maximum Gasteiger partial charge on any atom is 0.0646 e. The molecule has 2 aromatic heterocycles. The standard InChI is InChI=1S/C17H12BrN3/c18-13-5-7-14(8-6-13)21-11-12(9-20-21)16-10-19-17-4-2-1-3-15(16)17/h1-11,19H. The number of halogens is 1. The van der Waals surface area contributed by atoms with E-state index in [0.717, 1.165) is 21.2 Å². The highest BCUT2D eigenvalue weighted by atomic mass is 79.9. The number of para-hydroxylation sites is 1. The van der Waals surface area contributed by atoms with Crippen molar-refractivity contribution in [3.05, 3.63) is 71.6 Å². The zero-order valence-corrected chi connectivity index (χ0v) is 12.7. The topological polar surface area (TPSA) is 33.6 Å². The number of fused-ring (bicyclic) bond motifs is 1. The van der Waals surface area contributed by atoms with Crippen LogP contribution in [0.25, 0.3) is 27.7 Å². The van der Waals surface area contributed by atoms with E-state index in [9.17, 15) is 0 Å². The molecule has 2 aromatic carbocycles. The third kappa shape index (κ3) is 2.17. The van der Waals surface area contributed by atoms with Crippen LogP contribution in [0.1, 0.15) is 0 Å². The smallest absolute Gasteiger partial charge is 0.0646 e. The maximum atomic E-state index is 4.47. The van der Waals surface area contributed by atoms with Crippen LogP contribution < -0.4 is 0 Å². The average molecular weight is 338 g/mol. The van der Waals surface area contributed by atoms with Crippen LogP contribution in [-0.4, -0.2) is 14.8 Å². The molecule has 0 saturated carbocycles. The van der Waals surface area contributed by atoms with Gasteiger partial charge in [-0.15, -0.1) is 0 Å². The molecule has 3 nitrogen and oxygen atoms in total. The lowest BCUT2D eigenvalue weighted by Gasteiger charge is -2.00. The van der Waals surface area contributed by atoms with Crippen molar-refractivity contribution in [3.63, 3.8) is 0 Å². The highest BCUT2D eigenvalue weighted by Crippen LogP contribution is 2.28. The quantitative estimate of drug-likeness (QED) is 0.560. The number of hydrogen-bond acceptors (Lipinski definition) is 1. The van der Waals surface area contributed by atoms with E-state index in [-0.39, 0.29) is 0 Å². The Bertz CT molecular complexity index is 903. The zero-order chi connectivity index (χ0) is 14.2. The molecule has 4 heteroatoms. The van der Waals surface area contributed by atoms with Crippen molar-refractivity contribution in [2.45, 2.75) is 0 Å². The first-order valence-corrected chi connectivity index (χ1v) is 7.48. The molecular formula is C17H12BrN3. The average Bonchev–Trinajstić information content (AvgIpc) is 3.14. The van der Waals surface area contributed by atoms with E-state index >= 15 is 0 Å². The molecule has 0 bridgehead atoms. The second-order valence-corrected chi connectivity index (χ2v) is 5.81. The number of nitrogens with one attached hydrogen (secondary N) is 1. The Morgan fingerprint density at radius 2 is 1.81 bits per heavy atom. The summed E-state index contributed by atoms with van der Waals surface area (Å²) >= 11 is 3.45. The van der Waals surface area contributed by atoms with Gasteiger partial charge in [-0.25, -0.2) is 4.68 Å². The van der Waals surface area contributed by atoms with Crippen LogP contribution >= 0.6 is 15.9 Å². The van der Waals surface area contributed by atoms with Gasteiger partial charge < -0.3 is 4.98 Å². The van der Waals surface area contributed by atoms with Crippen molar-refractivity contribution in [2.75, 3.05) is 0 Å². The van der Waals surface area contributed by atoms with E-state index in [1.54, 1.807) is 0 Å². The molecule has 1 N–H and O–H groups in total. The molecule has 102 valence electrons. The monoisotopic (exact) mass is 337 g/mol. The minimum atomic E-state index is 1.05. The summed E-state index contributed by atoms with van der Waals surface area (Å²) in [4.78, 5) is 3.30. The predicted octanol–water partition coefficient (Wildman–Crippen LogP) is 4.78. The second kappa shape index (κ2) is 4.90. The number of aromatic amines is 1. The Labute approximate surface area is 130 Å². The molecule has 0 aliphatic heterocycles. The van der Waals surface area contributed by atoms with E-state index in [1.165, 1.54) is 10.9 Å². The van der Waals surface area contributed by atoms with Gasteiger partial charge in [-0.2, -0.15) is 5.10 Å². The summed E-state index contributed by atoms with van der Waals surface area (Å²) in [6.45, 7) is 0. The number of nitrogens with zero attached hydrogens (tertiary/aromatic N) is 2. The molecule has 0 aliphatic carbocycles. The van der Waals surface area contributed by atoms with Gasteiger partial charge in [0.2, 0.25) is 0 Å². The molecule has 2 heterocycles. The van der Waals surface area contributed by atoms with Gasteiger partial charge in [-0.05, 0) is 30.3 Å². The minimum absolute atomic E-state index is 1.05. The van der Waals surface area contributed by atoms with Crippen LogP contribution in [0.4, 0.5) is 0 Å². The van der Waals surface area contributed by atoms with E-state index in [2.05, 4.69) is 50.4 Å². The molecule has 4 aromatic rings. The van der Waals surface area contributed by atoms with Crippen LogP contribution in [0.3, 0.4) is 0 Å². The van der Waals surface area contributed by atoms with E-state index in [1.807, 2.05) is 47.4 Å². The lowest BCUT2D eigenvalue weighted by atomic mass is 10.1. The van der Waals surface area contributed by atoms with Gasteiger partial charge in [0.25, 0.3) is 0 Å². The Hall–Kier alpha value is -2.33. The Kier molecular flexibility index (Phi) is 2.89. The zero-order valence-electron chi connectivity index (χ0n) is 11.1. The fourth-order valence-corrected chi connectivity index (χ4v) is 2.77. The fourth-order valence-electron chi connectivity index (χ4n) is 2.51. The summed E-state index contributed by atoms with van der Waals surface area (Å²) in [7, 11) is 0. The largest absolute Gasteiger partial charge is 0.361 e. The van der Waals surface area contributed by atoms with Crippen LogP contribution in [0, 0.1) is 0 Å². The van der Waals surface area contributed by atoms with Crippen molar-refractivity contribution >= 4 is 26.8 Å². The van der Waals surface area contributed by atoms with Gasteiger partial charge in [0.05, 0.1) is 11.9 Å². The second-order valence-electron chi connectivity index (χ2n) is 4.90. The van der Waals surface area contributed by atoms with Crippen molar-refractivity contribution < 1.29 is 0 Å². The summed E-state index contributed by atoms with van der Waals surface area (Å²) in [5.41, 5.74) is 4.47. The summed E-state index contributed by atoms with van der Waals surface area (Å²) in [6, 6.07) is 16.4. The summed E-state index contributed by atoms with van der Waals surface area (Å²) in [6.07, 6.45) is 5.99. The molecule has 0 amide bonds. The number of benzene rings is 2. The molecule has 0 saturated heterocycles. The maximum absolute atomic E-state index is 4.47. The van der Waals surface area contributed by atoms with Gasteiger partial charge in [-0.3, -0.25) is 0 Å². The number of rotatable bonds is 2. The highest BCUT2D eigenvalue weighted by Gasteiger charge is 2.08. The lowest BCUT2D eigenvalue weighted by Crippen LogP contribution is -1.92. The molecule has 0 radical (unpaired) electrons. The van der Waals surface area contributed by atoms with Crippen LogP contribution in [0.15, 0.2) is 71.6 Å². The molecule has 0 aliphatic rings. The van der Waals surface area contributed by atoms with Gasteiger partial charge >= 0.3 is 0 Å². The Balaban J connectivity index is 1.79. The molecule has 0 spiro atoms. The summed E-state index contributed by atoms with van der Waals surface area (Å²) in [5, 5.41) is 5.68. The number of H-pyrrole nitrogens is 1. The molecule has 21 heavy (non-hydrogen) atoms. The van der Waals surface area contributed by atoms with Gasteiger partial charge in [0, 0.05) is 38.9 Å². The lowest BCUT2D eigenvalue weighted by molar-refractivity contribution is 0.880. The van der Waals surface area contributed by atoms with Crippen LogP contribution in [-0.2, 0) is 0 Å². The van der Waals surface area contributed by atoms with Gasteiger partial charge in [-0.1, -0.05) is 34.1 Å². The third-order valence-corrected chi connectivity index (χ3v) is 4.10. The molecule has 4 rings (SSSR count). The number of aromatic nitrogens is 3. The normalized spacial score (nSPS) is 11.1. The first-order chi connectivity index (χ1) is 10.3. The number of hydrogen-bond donors (Lipinski definition) is 1. The van der Waals surface area contributed by atoms with Gasteiger partial charge in [0.15, 0.2) is 0 Å². The first kappa shape index (κ1) is 12.4. The minimum Gasteiger partial charge on any atom is -0.361 e. The van der Waals surface area contributed by atoms with Gasteiger partial charge in [0.1, 0.15) is 0 Å². The van der Waals surface area contributed by atoms with Crippen molar-refractivity contribution in [3.8, 4) is 16.8 Å². The Morgan fingerprint density at radius 3 is 2.67 bits per heavy atom. The molecular weight excluding hydrogens is 326 g/mol. The van der Waals surface area contributed by atoms with E-state index in [4.69, 9.17) is 0 Å². The summed E-state index contributed by atoms with van der Waals surface area (Å²) in [5.74, 6) is 0. The van der Waals surface area contributed by atoms with Crippen molar-refractivity contribution in [1.29, 1.82) is 0 Å². The van der Waals surface area contributed by atoms with Crippen molar-refractivity contribution in [2.24, 2.45) is 0 Å². The Morgan fingerprint density at radius 1 is 1.00 bits per heavy atom. The molecule has 0 atom stereocenters.